The number of nitrogens with zero attached hydrogens (tertiary/aromatic N) is 2. The first kappa shape index (κ1) is 23.2. The summed E-state index contributed by atoms with van der Waals surface area (Å²) in [5.41, 5.74) is 1.03. The fraction of sp³-hybridized carbons (Fsp3) is 0.182. The summed E-state index contributed by atoms with van der Waals surface area (Å²) in [6.45, 7) is -0.413. The van der Waals surface area contributed by atoms with Crippen molar-refractivity contribution in [3.05, 3.63) is 75.4 Å². The van der Waals surface area contributed by atoms with Crippen LogP contribution in [0.2, 0.25) is 4.34 Å². The molecule has 1 aromatic heterocycles. The van der Waals surface area contributed by atoms with Gasteiger partial charge in [-0.15, -0.1) is 11.3 Å². The van der Waals surface area contributed by atoms with E-state index in [0.29, 0.717) is 20.5 Å². The van der Waals surface area contributed by atoms with E-state index in [1.165, 1.54) is 29.2 Å². The Hall–Kier alpha value is -2.92. The molecule has 1 aliphatic heterocycles. The Bertz CT molecular complexity index is 1310. The number of anilines is 1. The molecule has 2 heterocycles. The van der Waals surface area contributed by atoms with E-state index in [-0.39, 0.29) is 23.7 Å². The van der Waals surface area contributed by atoms with E-state index >= 15 is 0 Å². The highest BCUT2D eigenvalue weighted by atomic mass is 35.5. The van der Waals surface area contributed by atoms with Gasteiger partial charge in [0.2, 0.25) is 10.0 Å². The molecule has 0 fully saturated rings. The molecule has 0 aliphatic carbocycles. The van der Waals surface area contributed by atoms with Gasteiger partial charge in [-0.05, 0) is 48.0 Å². The Morgan fingerprint density at radius 3 is 2.42 bits per heavy atom. The van der Waals surface area contributed by atoms with Crippen molar-refractivity contribution in [2.45, 2.75) is 17.5 Å². The maximum atomic E-state index is 13.6. The third-order valence-corrected chi connectivity index (χ3v) is 8.35. The molecule has 0 saturated heterocycles. The SMILES string of the molecule is COC(=O)C1CN(C(=O)c2ccc(Cl)s2)c2ccccc2CN1S(=O)(=O)c1ccc(O)cc1. The number of amides is 1. The molecule has 0 radical (unpaired) electrons. The highest BCUT2D eigenvalue weighted by Crippen LogP contribution is 2.34. The molecule has 1 amide bonds. The summed E-state index contributed by atoms with van der Waals surface area (Å²) >= 11 is 7.10. The Morgan fingerprint density at radius 1 is 1.09 bits per heavy atom. The number of esters is 1. The number of halogens is 1. The number of carbonyl (C=O) groups excluding carboxylic acids is 2. The highest BCUT2D eigenvalue weighted by molar-refractivity contribution is 7.89. The Balaban J connectivity index is 1.84. The summed E-state index contributed by atoms with van der Waals surface area (Å²) < 4.78 is 33.5. The van der Waals surface area contributed by atoms with Gasteiger partial charge in [-0.2, -0.15) is 4.31 Å². The van der Waals surface area contributed by atoms with E-state index in [9.17, 15) is 23.1 Å². The van der Waals surface area contributed by atoms with Gasteiger partial charge in [0.15, 0.2) is 0 Å². The molecule has 0 bridgehead atoms. The number of fused-ring (bicyclic) bond motifs is 1. The number of aromatic hydroxyl groups is 1. The molecule has 8 nitrogen and oxygen atoms in total. The minimum atomic E-state index is -4.19. The van der Waals surface area contributed by atoms with Crippen LogP contribution in [0, 0.1) is 0 Å². The second kappa shape index (κ2) is 9.14. The Labute approximate surface area is 199 Å². The first-order valence-corrected chi connectivity index (χ1v) is 12.4. The molecule has 4 rings (SSSR count). The monoisotopic (exact) mass is 506 g/mol. The quantitative estimate of drug-likeness (QED) is 0.543. The number of para-hydroxylation sites is 1. The molecule has 0 saturated carbocycles. The first-order valence-electron chi connectivity index (χ1n) is 9.76. The third-order valence-electron chi connectivity index (χ3n) is 5.26. The number of ether oxygens (including phenoxy) is 1. The number of benzene rings is 2. The number of sulfonamides is 1. The Morgan fingerprint density at radius 2 is 1.79 bits per heavy atom. The lowest BCUT2D eigenvalue weighted by Gasteiger charge is -2.29. The second-order valence-electron chi connectivity index (χ2n) is 7.23. The first-order chi connectivity index (χ1) is 15.7. The summed E-state index contributed by atoms with van der Waals surface area (Å²) in [4.78, 5) is 27.8. The van der Waals surface area contributed by atoms with Crippen LogP contribution < -0.4 is 4.90 Å². The number of phenols is 1. The maximum absolute atomic E-state index is 13.6. The topological polar surface area (TPSA) is 104 Å². The zero-order valence-corrected chi connectivity index (χ0v) is 19.7. The molecule has 0 spiro atoms. The Kier molecular flexibility index (Phi) is 6.44. The highest BCUT2D eigenvalue weighted by Gasteiger charge is 2.42. The molecule has 3 aromatic rings. The predicted molar refractivity (Wildman–Crippen MR) is 124 cm³/mol. The largest absolute Gasteiger partial charge is 0.508 e. The molecule has 1 aliphatic rings. The summed E-state index contributed by atoms with van der Waals surface area (Å²) in [7, 11) is -3.03. The molecule has 1 atom stereocenters. The van der Waals surface area contributed by atoms with Gasteiger partial charge in [0.1, 0.15) is 11.8 Å². The zero-order chi connectivity index (χ0) is 23.8. The van der Waals surface area contributed by atoms with Crippen molar-refractivity contribution in [1.29, 1.82) is 0 Å². The molecule has 33 heavy (non-hydrogen) atoms. The van der Waals surface area contributed by atoms with Crippen LogP contribution in [-0.4, -0.2) is 49.4 Å². The van der Waals surface area contributed by atoms with Crippen LogP contribution in [0.3, 0.4) is 0 Å². The van der Waals surface area contributed by atoms with E-state index in [1.54, 1.807) is 36.4 Å². The van der Waals surface area contributed by atoms with Gasteiger partial charge < -0.3 is 14.7 Å². The standard InChI is InChI=1S/C22H19ClN2O6S2/c1-31-22(28)18-13-24(21(27)19-10-11-20(23)32-19)17-5-3-2-4-14(17)12-25(18)33(29,30)16-8-6-15(26)7-9-16/h2-11,18,26H,12-13H2,1H3. The van der Waals surface area contributed by atoms with Crippen molar-refractivity contribution in [3.63, 3.8) is 0 Å². The van der Waals surface area contributed by atoms with Crippen LogP contribution in [0.25, 0.3) is 0 Å². The molecule has 2 aromatic carbocycles. The van der Waals surface area contributed by atoms with Gasteiger partial charge in [0, 0.05) is 12.2 Å². The number of methoxy groups -OCH3 is 1. The number of rotatable bonds is 4. The number of thiophene rings is 1. The van der Waals surface area contributed by atoms with Gasteiger partial charge in [-0.1, -0.05) is 29.8 Å². The predicted octanol–water partition coefficient (Wildman–Crippen LogP) is 3.50. The molecule has 172 valence electrons. The minimum absolute atomic E-state index is 0.0916. The van der Waals surface area contributed by atoms with E-state index in [1.807, 2.05) is 0 Å². The van der Waals surface area contributed by atoms with Crippen molar-refractivity contribution in [3.8, 4) is 5.75 Å². The summed E-state index contributed by atoms with van der Waals surface area (Å²) in [5, 5.41) is 9.56. The van der Waals surface area contributed by atoms with E-state index in [2.05, 4.69) is 0 Å². The zero-order valence-electron chi connectivity index (χ0n) is 17.3. The van der Waals surface area contributed by atoms with Gasteiger partial charge >= 0.3 is 5.97 Å². The van der Waals surface area contributed by atoms with E-state index in [0.717, 1.165) is 22.8 Å². The average Bonchev–Trinajstić information content (AvgIpc) is 3.16. The second-order valence-corrected chi connectivity index (χ2v) is 10.8. The van der Waals surface area contributed by atoms with E-state index in [4.69, 9.17) is 16.3 Å². The lowest BCUT2D eigenvalue weighted by Crippen LogP contribution is -2.50. The normalized spacial score (nSPS) is 16.7. The number of phenolic OH excluding ortho intramolecular Hbond substituents is 1. The van der Waals surface area contributed by atoms with Crippen molar-refractivity contribution >= 4 is 50.5 Å². The maximum Gasteiger partial charge on any atom is 0.326 e. The average molecular weight is 507 g/mol. The van der Waals surface area contributed by atoms with Crippen molar-refractivity contribution in [2.75, 3.05) is 18.6 Å². The smallest absolute Gasteiger partial charge is 0.326 e. The van der Waals surface area contributed by atoms with Gasteiger partial charge in [0.05, 0.1) is 27.8 Å². The van der Waals surface area contributed by atoms with Gasteiger partial charge in [0.25, 0.3) is 5.91 Å². The van der Waals surface area contributed by atoms with Crippen molar-refractivity contribution < 1.29 is 27.9 Å². The van der Waals surface area contributed by atoms with Gasteiger partial charge in [-0.25, -0.2) is 8.42 Å². The number of carbonyl (C=O) groups is 2. The molecule has 1 N–H and O–H groups in total. The van der Waals surface area contributed by atoms with Gasteiger partial charge in [-0.3, -0.25) is 9.59 Å². The lowest BCUT2D eigenvalue weighted by molar-refractivity contribution is -0.144. The van der Waals surface area contributed by atoms with Crippen LogP contribution in [0.1, 0.15) is 15.2 Å². The van der Waals surface area contributed by atoms with Crippen molar-refractivity contribution in [1.82, 2.24) is 4.31 Å². The summed E-state index contributed by atoms with van der Waals surface area (Å²) in [6.07, 6.45) is 0. The van der Waals surface area contributed by atoms with Crippen LogP contribution in [0.5, 0.6) is 5.75 Å². The fourth-order valence-corrected chi connectivity index (χ4v) is 6.18. The third kappa shape index (κ3) is 4.47. The van der Waals surface area contributed by atoms with Crippen LogP contribution in [-0.2, 0) is 26.1 Å². The fourth-order valence-electron chi connectivity index (χ4n) is 3.64. The van der Waals surface area contributed by atoms with Crippen LogP contribution in [0.15, 0.2) is 65.6 Å². The summed E-state index contributed by atoms with van der Waals surface area (Å²) in [5.74, 6) is -1.30. The van der Waals surface area contributed by atoms with E-state index < -0.39 is 27.9 Å². The van der Waals surface area contributed by atoms with Crippen LogP contribution in [0.4, 0.5) is 5.69 Å². The molecule has 1 unspecified atom stereocenters. The van der Waals surface area contributed by atoms with Crippen molar-refractivity contribution in [2.24, 2.45) is 0 Å². The molecular formula is C22H19ClN2O6S2. The van der Waals surface area contributed by atoms with Crippen LogP contribution >= 0.6 is 22.9 Å². The molecule has 11 heteroatoms. The minimum Gasteiger partial charge on any atom is -0.508 e. The number of hydrogen-bond donors (Lipinski definition) is 1. The molecular weight excluding hydrogens is 488 g/mol. The lowest BCUT2D eigenvalue weighted by atomic mass is 10.1. The number of hydrogen-bond acceptors (Lipinski definition) is 7. The summed E-state index contributed by atoms with van der Waals surface area (Å²) in [6, 6.07) is 13.8.